The third-order valence-electron chi connectivity index (χ3n) is 4.01. The first-order valence-corrected chi connectivity index (χ1v) is 8.21. The van der Waals surface area contributed by atoms with Crippen molar-refractivity contribution in [2.75, 3.05) is 13.2 Å². The molecule has 5 nitrogen and oxygen atoms in total. The second-order valence-corrected chi connectivity index (χ2v) is 7.94. The van der Waals surface area contributed by atoms with E-state index in [-0.39, 0.29) is 17.6 Å². The van der Waals surface area contributed by atoms with Crippen molar-refractivity contribution in [2.45, 2.75) is 52.7 Å². The van der Waals surface area contributed by atoms with Crippen LogP contribution >= 0.6 is 11.6 Å². The lowest BCUT2D eigenvalue weighted by molar-refractivity contribution is 0.0115. The van der Waals surface area contributed by atoms with Crippen LogP contribution in [0.25, 0.3) is 0 Å². The van der Waals surface area contributed by atoms with Crippen molar-refractivity contribution in [3.8, 4) is 5.88 Å². The fourth-order valence-electron chi connectivity index (χ4n) is 2.64. The number of aromatic nitrogens is 1. The van der Waals surface area contributed by atoms with E-state index in [0.29, 0.717) is 24.1 Å². The minimum absolute atomic E-state index is 0.0574. The molecule has 1 fully saturated rings. The number of hydrogen-bond acceptors (Lipinski definition) is 4. The van der Waals surface area contributed by atoms with Gasteiger partial charge in [-0.2, -0.15) is 0 Å². The fourth-order valence-corrected chi connectivity index (χ4v) is 2.82. The molecule has 1 aliphatic rings. The average molecular weight is 341 g/mol. The van der Waals surface area contributed by atoms with Gasteiger partial charge in [-0.25, -0.2) is 9.78 Å². The Kier molecular flexibility index (Phi) is 5.09. The SMILES string of the molecule is CC(C)(C)OC(=O)N1CCC(C)(C)C1COc1ncccc1Cl. The number of carbonyl (C=O) groups is 1. The Bertz CT molecular complexity index is 569. The van der Waals surface area contributed by atoms with E-state index in [4.69, 9.17) is 21.1 Å². The van der Waals surface area contributed by atoms with Gasteiger partial charge in [-0.3, -0.25) is 0 Å². The molecular weight excluding hydrogens is 316 g/mol. The monoisotopic (exact) mass is 340 g/mol. The Balaban J connectivity index is 2.09. The first kappa shape index (κ1) is 17.9. The lowest BCUT2D eigenvalue weighted by atomic mass is 9.85. The quantitative estimate of drug-likeness (QED) is 0.829. The van der Waals surface area contributed by atoms with Gasteiger partial charge in [-0.1, -0.05) is 25.4 Å². The molecular formula is C17H25ClN2O3. The molecule has 0 bridgehead atoms. The van der Waals surface area contributed by atoms with Crippen molar-refractivity contribution >= 4 is 17.7 Å². The maximum atomic E-state index is 12.4. The minimum Gasteiger partial charge on any atom is -0.474 e. The van der Waals surface area contributed by atoms with Gasteiger partial charge >= 0.3 is 6.09 Å². The number of rotatable bonds is 3. The van der Waals surface area contributed by atoms with Crippen LogP contribution in [0.2, 0.25) is 5.02 Å². The van der Waals surface area contributed by atoms with Gasteiger partial charge in [0.05, 0.1) is 6.04 Å². The summed E-state index contributed by atoms with van der Waals surface area (Å²) in [5.74, 6) is 0.390. The zero-order chi connectivity index (χ0) is 17.3. The van der Waals surface area contributed by atoms with Gasteiger partial charge in [-0.15, -0.1) is 0 Å². The number of nitrogens with zero attached hydrogens (tertiary/aromatic N) is 2. The molecule has 1 atom stereocenters. The van der Waals surface area contributed by atoms with Gasteiger partial charge in [0.25, 0.3) is 0 Å². The minimum atomic E-state index is -0.514. The summed E-state index contributed by atoms with van der Waals surface area (Å²) >= 11 is 6.07. The molecule has 1 aromatic rings. The summed E-state index contributed by atoms with van der Waals surface area (Å²) < 4.78 is 11.3. The van der Waals surface area contributed by atoms with Crippen molar-refractivity contribution in [1.29, 1.82) is 0 Å². The summed E-state index contributed by atoms with van der Waals surface area (Å²) in [4.78, 5) is 18.3. The molecule has 0 N–H and O–H groups in total. The van der Waals surface area contributed by atoms with E-state index in [2.05, 4.69) is 18.8 Å². The largest absolute Gasteiger partial charge is 0.474 e. The first-order valence-electron chi connectivity index (χ1n) is 7.83. The Morgan fingerprint density at radius 3 is 2.78 bits per heavy atom. The molecule has 0 saturated carbocycles. The van der Waals surface area contributed by atoms with Crippen LogP contribution in [0.3, 0.4) is 0 Å². The van der Waals surface area contributed by atoms with E-state index in [1.165, 1.54) is 0 Å². The summed E-state index contributed by atoms with van der Waals surface area (Å²) in [6.07, 6.45) is 2.23. The van der Waals surface area contributed by atoms with E-state index in [1.807, 2.05) is 20.8 Å². The first-order chi connectivity index (χ1) is 10.6. The molecule has 6 heteroatoms. The second kappa shape index (κ2) is 6.56. The predicted octanol–water partition coefficient (Wildman–Crippen LogP) is 4.15. The summed E-state index contributed by atoms with van der Waals surface area (Å²) in [5, 5.41) is 0.465. The molecule has 0 radical (unpaired) electrons. The average Bonchev–Trinajstić information content (AvgIpc) is 2.71. The molecule has 2 heterocycles. The molecule has 23 heavy (non-hydrogen) atoms. The highest BCUT2D eigenvalue weighted by atomic mass is 35.5. The van der Waals surface area contributed by atoms with Gasteiger partial charge in [0.2, 0.25) is 5.88 Å². The molecule has 0 aromatic carbocycles. The van der Waals surface area contributed by atoms with Crippen LogP contribution in [0.1, 0.15) is 41.0 Å². The van der Waals surface area contributed by atoms with Crippen molar-refractivity contribution in [2.24, 2.45) is 5.41 Å². The molecule has 1 saturated heterocycles. The fraction of sp³-hybridized carbons (Fsp3) is 0.647. The van der Waals surface area contributed by atoms with Crippen LogP contribution in [0.4, 0.5) is 4.79 Å². The summed E-state index contributed by atoms with van der Waals surface area (Å²) in [5.41, 5.74) is -0.572. The number of carbonyl (C=O) groups excluding carboxylic acids is 1. The van der Waals surface area contributed by atoms with Crippen LogP contribution < -0.4 is 4.74 Å². The lowest BCUT2D eigenvalue weighted by Gasteiger charge is -2.33. The van der Waals surface area contributed by atoms with Crippen LogP contribution in [-0.4, -0.2) is 40.8 Å². The summed E-state index contributed by atoms with van der Waals surface area (Å²) in [6, 6.07) is 3.40. The molecule has 1 unspecified atom stereocenters. The second-order valence-electron chi connectivity index (χ2n) is 7.53. The maximum Gasteiger partial charge on any atom is 0.410 e. The number of ether oxygens (including phenoxy) is 2. The molecule has 128 valence electrons. The van der Waals surface area contributed by atoms with Crippen LogP contribution in [0.5, 0.6) is 5.88 Å². The van der Waals surface area contributed by atoms with E-state index >= 15 is 0 Å². The van der Waals surface area contributed by atoms with Gasteiger partial charge < -0.3 is 14.4 Å². The number of amides is 1. The van der Waals surface area contributed by atoms with E-state index in [0.717, 1.165) is 6.42 Å². The Hall–Kier alpha value is -1.49. The Morgan fingerprint density at radius 1 is 1.48 bits per heavy atom. The molecule has 1 aromatic heterocycles. The van der Waals surface area contributed by atoms with Crippen LogP contribution in [-0.2, 0) is 4.74 Å². The van der Waals surface area contributed by atoms with Gasteiger partial charge in [0, 0.05) is 12.7 Å². The van der Waals surface area contributed by atoms with Crippen molar-refractivity contribution < 1.29 is 14.3 Å². The van der Waals surface area contributed by atoms with Crippen LogP contribution in [0.15, 0.2) is 18.3 Å². The molecule has 0 aliphatic carbocycles. The number of pyridine rings is 1. The smallest absolute Gasteiger partial charge is 0.410 e. The number of halogens is 1. The molecule has 0 spiro atoms. The predicted molar refractivity (Wildman–Crippen MR) is 89.9 cm³/mol. The maximum absolute atomic E-state index is 12.4. The topological polar surface area (TPSA) is 51.7 Å². The Labute approximate surface area is 142 Å². The molecule has 1 aliphatic heterocycles. The zero-order valence-corrected chi connectivity index (χ0v) is 15.2. The highest BCUT2D eigenvalue weighted by Gasteiger charge is 2.44. The highest BCUT2D eigenvalue weighted by molar-refractivity contribution is 6.31. The standard InChI is InChI=1S/C17H25ClN2O3/c1-16(2,3)23-15(21)20-10-8-17(4,5)13(20)11-22-14-12(18)7-6-9-19-14/h6-7,9,13H,8,10-11H2,1-5H3. The normalized spacial score (nSPS) is 20.4. The zero-order valence-electron chi connectivity index (χ0n) is 14.4. The van der Waals surface area contributed by atoms with Gasteiger partial charge in [0.1, 0.15) is 17.2 Å². The van der Waals surface area contributed by atoms with Crippen LogP contribution in [0, 0.1) is 5.41 Å². The van der Waals surface area contributed by atoms with E-state index in [1.54, 1.807) is 23.2 Å². The number of hydrogen-bond donors (Lipinski definition) is 0. The lowest BCUT2D eigenvalue weighted by Crippen LogP contribution is -2.46. The third kappa shape index (κ3) is 4.50. The van der Waals surface area contributed by atoms with Gasteiger partial charge in [-0.05, 0) is 44.7 Å². The van der Waals surface area contributed by atoms with E-state index in [9.17, 15) is 4.79 Å². The van der Waals surface area contributed by atoms with Gasteiger partial charge in [0.15, 0.2) is 0 Å². The van der Waals surface area contributed by atoms with Crippen molar-refractivity contribution in [3.63, 3.8) is 0 Å². The van der Waals surface area contributed by atoms with E-state index < -0.39 is 5.60 Å². The summed E-state index contributed by atoms with van der Waals surface area (Å²) in [6.45, 7) is 10.9. The summed E-state index contributed by atoms with van der Waals surface area (Å²) in [7, 11) is 0. The molecule has 2 rings (SSSR count). The third-order valence-corrected chi connectivity index (χ3v) is 4.29. The molecule has 1 amide bonds. The van der Waals surface area contributed by atoms with Crippen molar-refractivity contribution in [3.05, 3.63) is 23.4 Å². The highest BCUT2D eigenvalue weighted by Crippen LogP contribution is 2.37. The number of likely N-dealkylation sites (tertiary alicyclic amines) is 1. The Morgan fingerprint density at radius 2 is 2.17 bits per heavy atom. The van der Waals surface area contributed by atoms with Crippen molar-refractivity contribution in [1.82, 2.24) is 9.88 Å².